The van der Waals surface area contributed by atoms with Gasteiger partial charge in [-0.2, -0.15) is 0 Å². The predicted octanol–water partition coefficient (Wildman–Crippen LogP) is 3.36. The fourth-order valence-corrected chi connectivity index (χ4v) is 2.43. The minimum absolute atomic E-state index is 0.110. The van der Waals surface area contributed by atoms with E-state index in [-0.39, 0.29) is 5.84 Å². The third-order valence-corrected chi connectivity index (χ3v) is 3.61. The molecular formula is C13H20BrN3. The van der Waals surface area contributed by atoms with Crippen molar-refractivity contribution in [3.05, 3.63) is 28.2 Å². The number of amidine groups is 1. The van der Waals surface area contributed by atoms with Gasteiger partial charge in [-0.15, -0.1) is 0 Å². The summed E-state index contributed by atoms with van der Waals surface area (Å²) >= 11 is 3.41. The molecule has 94 valence electrons. The molecule has 0 saturated carbocycles. The van der Waals surface area contributed by atoms with Gasteiger partial charge in [0.05, 0.1) is 0 Å². The number of halogens is 1. The number of hydrogen-bond donors (Lipinski definition) is 2. The molecule has 1 rings (SSSR count). The average molecular weight is 298 g/mol. The summed E-state index contributed by atoms with van der Waals surface area (Å²) in [6, 6.07) is 6.38. The molecule has 4 heteroatoms. The maximum atomic E-state index is 7.65. The average Bonchev–Trinajstić information content (AvgIpc) is 2.30. The van der Waals surface area contributed by atoms with Gasteiger partial charge in [-0.05, 0) is 31.0 Å². The van der Waals surface area contributed by atoms with Crippen LogP contribution >= 0.6 is 15.9 Å². The van der Waals surface area contributed by atoms with Crippen molar-refractivity contribution in [2.24, 2.45) is 5.73 Å². The molecule has 0 fully saturated rings. The Balaban J connectivity index is 3.16. The smallest absolute Gasteiger partial charge is 0.124 e. The van der Waals surface area contributed by atoms with Gasteiger partial charge < -0.3 is 10.6 Å². The maximum Gasteiger partial charge on any atom is 0.124 e. The van der Waals surface area contributed by atoms with Crippen LogP contribution in [0.25, 0.3) is 0 Å². The Morgan fingerprint density at radius 3 is 2.47 bits per heavy atom. The van der Waals surface area contributed by atoms with E-state index < -0.39 is 0 Å². The van der Waals surface area contributed by atoms with E-state index in [2.05, 4.69) is 41.7 Å². The molecule has 3 N–H and O–H groups in total. The van der Waals surface area contributed by atoms with Crippen molar-refractivity contribution < 1.29 is 0 Å². The quantitative estimate of drug-likeness (QED) is 0.647. The van der Waals surface area contributed by atoms with Gasteiger partial charge in [0, 0.05) is 28.8 Å². The summed E-state index contributed by atoms with van der Waals surface area (Å²) in [5, 5.41) is 7.65. The van der Waals surface area contributed by atoms with Crippen LogP contribution in [0.5, 0.6) is 0 Å². The molecule has 0 atom stereocenters. The normalized spacial score (nSPS) is 10.6. The van der Waals surface area contributed by atoms with Crippen LogP contribution in [0.4, 0.5) is 5.69 Å². The van der Waals surface area contributed by atoms with E-state index in [9.17, 15) is 0 Å². The largest absolute Gasteiger partial charge is 0.384 e. The van der Waals surface area contributed by atoms with Crippen molar-refractivity contribution in [2.75, 3.05) is 11.9 Å². The standard InChI is InChI=1S/C13H20BrN3/c1-4-10(5-2)17(3)12-7-6-9(14)8-11(12)13(15)16/h6-8,10H,4-5H2,1-3H3,(H3,15,16). The highest BCUT2D eigenvalue weighted by Crippen LogP contribution is 2.26. The Morgan fingerprint density at radius 1 is 1.41 bits per heavy atom. The number of nitrogen functional groups attached to an aromatic ring is 1. The third-order valence-electron chi connectivity index (χ3n) is 3.12. The second kappa shape index (κ2) is 6.05. The number of benzene rings is 1. The van der Waals surface area contributed by atoms with E-state index in [1.54, 1.807) is 0 Å². The first-order valence-corrected chi connectivity index (χ1v) is 6.67. The first kappa shape index (κ1) is 14.0. The molecule has 0 unspecified atom stereocenters. The minimum Gasteiger partial charge on any atom is -0.384 e. The molecule has 1 aromatic rings. The Hall–Kier alpha value is -1.03. The molecule has 1 aromatic carbocycles. The van der Waals surface area contributed by atoms with Crippen LogP contribution in [-0.2, 0) is 0 Å². The van der Waals surface area contributed by atoms with E-state index in [0.29, 0.717) is 6.04 Å². The molecule has 3 nitrogen and oxygen atoms in total. The van der Waals surface area contributed by atoms with Gasteiger partial charge >= 0.3 is 0 Å². The summed E-state index contributed by atoms with van der Waals surface area (Å²) in [4.78, 5) is 2.21. The first-order chi connectivity index (χ1) is 8.01. The predicted molar refractivity (Wildman–Crippen MR) is 77.9 cm³/mol. The molecule has 0 radical (unpaired) electrons. The highest BCUT2D eigenvalue weighted by atomic mass is 79.9. The molecule has 0 aliphatic rings. The number of nitrogens with two attached hydrogens (primary N) is 1. The SMILES string of the molecule is CCC(CC)N(C)c1ccc(Br)cc1C(=N)N. The fraction of sp³-hybridized carbons (Fsp3) is 0.462. The maximum absolute atomic E-state index is 7.65. The molecule has 0 bridgehead atoms. The van der Waals surface area contributed by atoms with Gasteiger partial charge in [-0.25, -0.2) is 0 Å². The lowest BCUT2D eigenvalue weighted by Crippen LogP contribution is -2.32. The summed E-state index contributed by atoms with van der Waals surface area (Å²) in [6.07, 6.45) is 2.17. The van der Waals surface area contributed by atoms with E-state index in [1.807, 2.05) is 18.2 Å². The summed E-state index contributed by atoms with van der Waals surface area (Å²) in [7, 11) is 2.06. The van der Waals surface area contributed by atoms with Crippen molar-refractivity contribution >= 4 is 27.5 Å². The summed E-state index contributed by atoms with van der Waals surface area (Å²) in [6.45, 7) is 4.36. The van der Waals surface area contributed by atoms with Crippen LogP contribution in [-0.4, -0.2) is 18.9 Å². The van der Waals surface area contributed by atoms with Gasteiger partial charge in [0.25, 0.3) is 0 Å². The first-order valence-electron chi connectivity index (χ1n) is 5.88. The molecule has 0 amide bonds. The second-order valence-electron chi connectivity index (χ2n) is 4.16. The lowest BCUT2D eigenvalue weighted by atomic mass is 10.1. The van der Waals surface area contributed by atoms with Crippen molar-refractivity contribution in [2.45, 2.75) is 32.7 Å². The van der Waals surface area contributed by atoms with E-state index in [4.69, 9.17) is 11.1 Å². The number of anilines is 1. The monoisotopic (exact) mass is 297 g/mol. The number of nitrogens with one attached hydrogen (secondary N) is 1. The molecule has 0 aromatic heterocycles. The van der Waals surface area contributed by atoms with Crippen LogP contribution in [0.1, 0.15) is 32.3 Å². The molecule has 17 heavy (non-hydrogen) atoms. The number of rotatable bonds is 5. The van der Waals surface area contributed by atoms with Crippen LogP contribution < -0.4 is 10.6 Å². The van der Waals surface area contributed by atoms with Crippen LogP contribution in [0.15, 0.2) is 22.7 Å². The molecule has 0 aliphatic carbocycles. The lowest BCUT2D eigenvalue weighted by Gasteiger charge is -2.30. The molecular weight excluding hydrogens is 278 g/mol. The van der Waals surface area contributed by atoms with E-state index in [0.717, 1.165) is 28.6 Å². The van der Waals surface area contributed by atoms with Gasteiger partial charge in [0.1, 0.15) is 5.84 Å². The van der Waals surface area contributed by atoms with Crippen molar-refractivity contribution in [1.29, 1.82) is 5.41 Å². The molecule has 0 aliphatic heterocycles. The van der Waals surface area contributed by atoms with Gasteiger partial charge in [0.15, 0.2) is 0 Å². The highest BCUT2D eigenvalue weighted by Gasteiger charge is 2.16. The summed E-state index contributed by atoms with van der Waals surface area (Å²) in [5.41, 5.74) is 7.45. The Kier molecular flexibility index (Phi) is 5.00. The Labute approximate surface area is 112 Å². The zero-order chi connectivity index (χ0) is 13.0. The molecule has 0 saturated heterocycles. The Bertz CT molecular complexity index is 400. The van der Waals surface area contributed by atoms with Crippen LogP contribution in [0, 0.1) is 5.41 Å². The molecule has 0 spiro atoms. The van der Waals surface area contributed by atoms with E-state index in [1.165, 1.54) is 0 Å². The minimum atomic E-state index is 0.110. The van der Waals surface area contributed by atoms with Gasteiger partial charge in [-0.1, -0.05) is 29.8 Å². The summed E-state index contributed by atoms with van der Waals surface area (Å²) < 4.78 is 0.949. The fourth-order valence-electron chi connectivity index (χ4n) is 2.06. The zero-order valence-electron chi connectivity index (χ0n) is 10.6. The van der Waals surface area contributed by atoms with Crippen molar-refractivity contribution in [3.8, 4) is 0 Å². The zero-order valence-corrected chi connectivity index (χ0v) is 12.2. The van der Waals surface area contributed by atoms with Crippen LogP contribution in [0.3, 0.4) is 0 Å². The Morgan fingerprint density at radius 2 is 2.00 bits per heavy atom. The molecule has 0 heterocycles. The highest BCUT2D eigenvalue weighted by molar-refractivity contribution is 9.10. The van der Waals surface area contributed by atoms with Crippen molar-refractivity contribution in [1.82, 2.24) is 0 Å². The lowest BCUT2D eigenvalue weighted by molar-refractivity contribution is 0.591. The third kappa shape index (κ3) is 3.22. The van der Waals surface area contributed by atoms with Gasteiger partial charge in [-0.3, -0.25) is 5.41 Å². The van der Waals surface area contributed by atoms with E-state index >= 15 is 0 Å². The summed E-state index contributed by atoms with van der Waals surface area (Å²) in [5.74, 6) is 0.110. The van der Waals surface area contributed by atoms with Crippen molar-refractivity contribution in [3.63, 3.8) is 0 Å². The topological polar surface area (TPSA) is 53.1 Å². The van der Waals surface area contributed by atoms with Gasteiger partial charge in [0.2, 0.25) is 0 Å². The second-order valence-corrected chi connectivity index (χ2v) is 5.07. The number of hydrogen-bond acceptors (Lipinski definition) is 2. The van der Waals surface area contributed by atoms with Crippen LogP contribution in [0.2, 0.25) is 0 Å². The number of nitrogens with zero attached hydrogens (tertiary/aromatic N) is 1.